The summed E-state index contributed by atoms with van der Waals surface area (Å²) >= 11 is 0. The topological polar surface area (TPSA) is 71.5 Å². The number of anilines is 1. The van der Waals surface area contributed by atoms with Crippen LogP contribution in [0.3, 0.4) is 0 Å². The number of rotatable bonds is 4. The minimum absolute atomic E-state index is 0.0853. The van der Waals surface area contributed by atoms with Gasteiger partial charge in [0.2, 0.25) is 5.88 Å². The van der Waals surface area contributed by atoms with Gasteiger partial charge in [-0.25, -0.2) is 9.37 Å². The summed E-state index contributed by atoms with van der Waals surface area (Å²) < 4.78 is 57.9. The molecule has 0 unspecified atom stereocenters. The van der Waals surface area contributed by atoms with Crippen molar-refractivity contribution in [2.24, 2.45) is 0 Å². The molecule has 0 aliphatic carbocycles. The van der Waals surface area contributed by atoms with E-state index in [-0.39, 0.29) is 23.9 Å². The average Bonchev–Trinajstić information content (AvgIpc) is 3.11. The van der Waals surface area contributed by atoms with Gasteiger partial charge in [0.25, 0.3) is 11.8 Å². The number of pyridine rings is 1. The summed E-state index contributed by atoms with van der Waals surface area (Å²) in [5.74, 6) is -2.67. The van der Waals surface area contributed by atoms with Crippen LogP contribution in [-0.4, -0.2) is 23.8 Å². The minimum atomic E-state index is -4.70. The summed E-state index contributed by atoms with van der Waals surface area (Å²) in [7, 11) is 1.50. The highest BCUT2D eigenvalue weighted by atomic mass is 19.4. The van der Waals surface area contributed by atoms with Crippen molar-refractivity contribution in [2.45, 2.75) is 12.7 Å². The van der Waals surface area contributed by atoms with Crippen LogP contribution in [-0.2, 0) is 12.7 Å². The molecule has 1 aromatic heterocycles. The molecule has 0 radical (unpaired) electrons. The van der Waals surface area contributed by atoms with Crippen LogP contribution >= 0.6 is 0 Å². The normalized spacial score (nSPS) is 13.2. The first kappa shape index (κ1) is 21.3. The molecule has 2 amide bonds. The average molecular weight is 445 g/mol. The van der Waals surface area contributed by atoms with Crippen LogP contribution in [0.25, 0.3) is 0 Å². The lowest BCUT2D eigenvalue weighted by Crippen LogP contribution is -2.23. The first-order valence-electron chi connectivity index (χ1n) is 9.35. The van der Waals surface area contributed by atoms with Gasteiger partial charge in [0.05, 0.1) is 12.1 Å². The van der Waals surface area contributed by atoms with E-state index in [1.807, 2.05) is 0 Å². The lowest BCUT2D eigenvalue weighted by molar-refractivity contribution is -0.137. The molecule has 6 nitrogen and oxygen atoms in total. The molecule has 2 aromatic carbocycles. The fourth-order valence-electron chi connectivity index (χ4n) is 3.30. The van der Waals surface area contributed by atoms with Crippen LogP contribution < -0.4 is 15.0 Å². The van der Waals surface area contributed by atoms with Crippen LogP contribution in [0.1, 0.15) is 31.8 Å². The second-order valence-electron chi connectivity index (χ2n) is 6.91. The van der Waals surface area contributed by atoms with Crippen molar-refractivity contribution in [1.82, 2.24) is 10.3 Å². The number of alkyl halides is 3. The Morgan fingerprint density at radius 2 is 1.84 bits per heavy atom. The van der Waals surface area contributed by atoms with Crippen LogP contribution in [0.5, 0.6) is 11.6 Å². The molecule has 0 fully saturated rings. The number of nitrogens with one attached hydrogen (secondary N) is 1. The Labute approximate surface area is 179 Å². The third-order valence-corrected chi connectivity index (χ3v) is 4.92. The van der Waals surface area contributed by atoms with Crippen LogP contribution in [0.4, 0.5) is 23.2 Å². The highest BCUT2D eigenvalue weighted by Crippen LogP contribution is 2.37. The van der Waals surface area contributed by atoms with Crippen molar-refractivity contribution >= 4 is 17.5 Å². The number of carbonyl (C=O) groups excluding carboxylic acids is 2. The third kappa shape index (κ3) is 3.86. The largest absolute Gasteiger partial charge is 0.435 e. The highest BCUT2D eigenvalue weighted by Gasteiger charge is 2.34. The van der Waals surface area contributed by atoms with Crippen molar-refractivity contribution < 1.29 is 31.9 Å². The van der Waals surface area contributed by atoms with Gasteiger partial charge in [0, 0.05) is 24.5 Å². The van der Waals surface area contributed by atoms with Crippen molar-refractivity contribution in [2.75, 3.05) is 11.9 Å². The van der Waals surface area contributed by atoms with E-state index in [2.05, 4.69) is 10.3 Å². The number of fused-ring (bicyclic) bond motifs is 1. The molecule has 1 aliphatic heterocycles. The van der Waals surface area contributed by atoms with Crippen molar-refractivity contribution in [3.8, 4) is 11.6 Å². The molecular weight excluding hydrogens is 430 g/mol. The molecule has 0 saturated heterocycles. The first-order chi connectivity index (χ1) is 15.2. The number of nitrogens with zero attached hydrogens (tertiary/aromatic N) is 2. The molecule has 10 heteroatoms. The summed E-state index contributed by atoms with van der Waals surface area (Å²) in [6, 6.07) is 9.80. The van der Waals surface area contributed by atoms with Gasteiger partial charge in [-0.05, 0) is 54.1 Å². The summed E-state index contributed by atoms with van der Waals surface area (Å²) in [4.78, 5) is 30.1. The van der Waals surface area contributed by atoms with Crippen LogP contribution in [0.15, 0.2) is 54.7 Å². The van der Waals surface area contributed by atoms with Crippen molar-refractivity contribution in [3.05, 3.63) is 82.8 Å². The van der Waals surface area contributed by atoms with Crippen LogP contribution in [0, 0.1) is 5.82 Å². The minimum Gasteiger partial charge on any atom is -0.435 e. The van der Waals surface area contributed by atoms with Gasteiger partial charge in [0.15, 0.2) is 11.6 Å². The smallest absolute Gasteiger partial charge is 0.416 e. The predicted octanol–water partition coefficient (Wildman–Crippen LogP) is 4.55. The monoisotopic (exact) mass is 445 g/mol. The fourth-order valence-corrected chi connectivity index (χ4v) is 3.30. The van der Waals surface area contributed by atoms with Crippen molar-refractivity contribution in [3.63, 3.8) is 0 Å². The number of hydrogen-bond donors (Lipinski definition) is 1. The molecule has 4 rings (SSSR count). The molecule has 164 valence electrons. The molecule has 0 saturated carbocycles. The summed E-state index contributed by atoms with van der Waals surface area (Å²) in [5.41, 5.74) is 0.426. The molecule has 3 aromatic rings. The number of aromatic nitrogens is 1. The van der Waals surface area contributed by atoms with E-state index in [1.54, 1.807) is 30.3 Å². The van der Waals surface area contributed by atoms with E-state index < -0.39 is 29.2 Å². The summed E-state index contributed by atoms with van der Waals surface area (Å²) in [6.45, 7) is 0.182. The Kier molecular flexibility index (Phi) is 5.29. The summed E-state index contributed by atoms with van der Waals surface area (Å²) in [6.07, 6.45) is -3.34. The lowest BCUT2D eigenvalue weighted by Gasteiger charge is -2.16. The highest BCUT2D eigenvalue weighted by molar-refractivity contribution is 6.11. The number of hydrogen-bond acceptors (Lipinski definition) is 4. The maximum atomic E-state index is 14.2. The van der Waals surface area contributed by atoms with E-state index >= 15 is 0 Å². The molecule has 0 atom stereocenters. The zero-order chi connectivity index (χ0) is 23.0. The van der Waals surface area contributed by atoms with Gasteiger partial charge in [-0.3, -0.25) is 9.59 Å². The lowest BCUT2D eigenvalue weighted by atomic mass is 10.1. The van der Waals surface area contributed by atoms with E-state index in [0.29, 0.717) is 28.9 Å². The van der Waals surface area contributed by atoms with E-state index in [1.165, 1.54) is 18.1 Å². The standard InChI is InChI=1S/C22H15F4N3O3/c1-27-19(30)12-2-5-15(6-3-12)29-11-13-8-9-28-20(18(13)21(29)31)32-17-7-4-14(10-16(17)23)22(24,25)26/h2-10H,11H2,1H3,(H,27,30). The Morgan fingerprint density at radius 3 is 2.47 bits per heavy atom. The maximum Gasteiger partial charge on any atom is 0.416 e. The summed E-state index contributed by atoms with van der Waals surface area (Å²) in [5, 5.41) is 2.50. The number of benzene rings is 2. The number of halogens is 4. The van der Waals surface area contributed by atoms with Gasteiger partial charge in [0.1, 0.15) is 5.56 Å². The fraction of sp³-hybridized carbons (Fsp3) is 0.136. The molecule has 0 spiro atoms. The predicted molar refractivity (Wildman–Crippen MR) is 106 cm³/mol. The Morgan fingerprint density at radius 1 is 1.12 bits per heavy atom. The van der Waals surface area contributed by atoms with Crippen molar-refractivity contribution in [1.29, 1.82) is 0 Å². The third-order valence-electron chi connectivity index (χ3n) is 4.92. The van der Waals surface area contributed by atoms with Gasteiger partial charge < -0.3 is 15.0 Å². The van der Waals surface area contributed by atoms with Crippen LogP contribution in [0.2, 0.25) is 0 Å². The molecule has 1 aliphatic rings. The molecule has 0 bridgehead atoms. The maximum absolute atomic E-state index is 14.2. The Hall–Kier alpha value is -3.95. The van der Waals surface area contributed by atoms with Gasteiger partial charge >= 0.3 is 6.18 Å². The second kappa shape index (κ2) is 7.95. The Balaban J connectivity index is 1.61. The van der Waals surface area contributed by atoms with E-state index in [0.717, 1.165) is 6.07 Å². The second-order valence-corrected chi connectivity index (χ2v) is 6.91. The molecule has 2 heterocycles. The Bertz CT molecular complexity index is 1210. The first-order valence-corrected chi connectivity index (χ1v) is 9.35. The molecule has 32 heavy (non-hydrogen) atoms. The van der Waals surface area contributed by atoms with E-state index in [9.17, 15) is 27.2 Å². The number of amides is 2. The molecule has 1 N–H and O–H groups in total. The SMILES string of the molecule is CNC(=O)c1ccc(N2Cc3ccnc(Oc4ccc(C(F)(F)F)cc4F)c3C2=O)cc1. The zero-order valence-corrected chi connectivity index (χ0v) is 16.5. The molecular formula is C22H15F4N3O3. The van der Waals surface area contributed by atoms with Gasteiger partial charge in [-0.1, -0.05) is 0 Å². The number of carbonyl (C=O) groups is 2. The van der Waals surface area contributed by atoms with Gasteiger partial charge in [-0.2, -0.15) is 13.2 Å². The number of ether oxygens (including phenoxy) is 1. The zero-order valence-electron chi connectivity index (χ0n) is 16.5. The van der Waals surface area contributed by atoms with E-state index in [4.69, 9.17) is 4.74 Å². The van der Waals surface area contributed by atoms with Gasteiger partial charge in [-0.15, -0.1) is 0 Å². The quantitative estimate of drug-likeness (QED) is 0.598.